The summed E-state index contributed by atoms with van der Waals surface area (Å²) in [7, 11) is 1.74. The van der Waals surface area contributed by atoms with Gasteiger partial charge < -0.3 is 14.5 Å². The lowest BCUT2D eigenvalue weighted by atomic mass is 9.97. The maximum Gasteiger partial charge on any atom is 0.410 e. The van der Waals surface area contributed by atoms with Crippen LogP contribution in [0.3, 0.4) is 0 Å². The second-order valence-corrected chi connectivity index (χ2v) is 11.3. The molecule has 196 valence electrons. The summed E-state index contributed by atoms with van der Waals surface area (Å²) in [5.41, 5.74) is 3.16. The van der Waals surface area contributed by atoms with Crippen LogP contribution in [0.4, 0.5) is 10.6 Å². The highest BCUT2D eigenvalue weighted by Crippen LogP contribution is 2.51. The van der Waals surface area contributed by atoms with Crippen LogP contribution in [0, 0.1) is 28.6 Å². The number of carbonyl (C=O) groups is 1. The maximum atomic E-state index is 12.9. The zero-order chi connectivity index (χ0) is 27.4. The van der Waals surface area contributed by atoms with E-state index in [0.717, 1.165) is 34.3 Å². The van der Waals surface area contributed by atoms with Crippen molar-refractivity contribution in [2.45, 2.75) is 64.6 Å². The molecule has 3 aromatic rings. The zero-order valence-corrected chi connectivity index (χ0v) is 22.6. The van der Waals surface area contributed by atoms with Crippen LogP contribution in [-0.2, 0) is 11.8 Å². The van der Waals surface area contributed by atoms with Crippen LogP contribution in [-0.4, -0.2) is 61.5 Å². The molecule has 4 atom stereocenters. The number of nitriles is 2. The molecule has 2 aromatic heterocycles. The normalized spacial score (nSPS) is 23.2. The van der Waals surface area contributed by atoms with E-state index in [0.29, 0.717) is 24.5 Å². The lowest BCUT2D eigenvalue weighted by Gasteiger charge is -2.45. The molecule has 5 rings (SSSR count). The van der Waals surface area contributed by atoms with E-state index in [1.165, 1.54) is 0 Å². The third kappa shape index (κ3) is 4.51. The third-order valence-corrected chi connectivity index (χ3v) is 7.31. The van der Waals surface area contributed by atoms with Gasteiger partial charge in [-0.3, -0.25) is 4.68 Å². The van der Waals surface area contributed by atoms with E-state index in [9.17, 15) is 15.3 Å². The summed E-state index contributed by atoms with van der Waals surface area (Å²) >= 11 is 0. The van der Waals surface area contributed by atoms with Gasteiger partial charge in [-0.15, -0.1) is 0 Å². The molecule has 0 unspecified atom stereocenters. The molecular weight excluding hydrogens is 480 g/mol. The van der Waals surface area contributed by atoms with Crippen LogP contribution in [0.15, 0.2) is 24.5 Å². The Morgan fingerprint density at radius 3 is 2.53 bits per heavy atom. The molecule has 1 amide bonds. The summed E-state index contributed by atoms with van der Waals surface area (Å²) in [5, 5.41) is 24.5. The van der Waals surface area contributed by atoms with Crippen LogP contribution in [0.5, 0.6) is 0 Å². The number of ether oxygens (including phenoxy) is 1. The molecule has 2 aliphatic rings. The Morgan fingerprint density at radius 1 is 1.13 bits per heavy atom. The van der Waals surface area contributed by atoms with Crippen molar-refractivity contribution in [1.29, 1.82) is 10.5 Å². The van der Waals surface area contributed by atoms with Gasteiger partial charge in [0.15, 0.2) is 0 Å². The largest absolute Gasteiger partial charge is 0.444 e. The summed E-state index contributed by atoms with van der Waals surface area (Å²) in [6.07, 6.45) is 2.05. The number of benzene rings is 1. The molecule has 0 bridgehead atoms. The third-order valence-electron chi connectivity index (χ3n) is 7.31. The number of rotatable bonds is 3. The maximum absolute atomic E-state index is 12.9. The van der Waals surface area contributed by atoms with Crippen molar-refractivity contribution in [2.75, 3.05) is 18.0 Å². The van der Waals surface area contributed by atoms with E-state index in [2.05, 4.69) is 40.1 Å². The quantitative estimate of drug-likeness (QED) is 0.507. The number of fused-ring (bicyclic) bond motifs is 1. The van der Waals surface area contributed by atoms with Crippen LogP contribution in [0.25, 0.3) is 22.2 Å². The number of amides is 1. The van der Waals surface area contributed by atoms with Crippen LogP contribution in [0.1, 0.15) is 58.2 Å². The molecule has 1 saturated heterocycles. The predicted molar refractivity (Wildman–Crippen MR) is 142 cm³/mol. The summed E-state index contributed by atoms with van der Waals surface area (Å²) in [6, 6.07) is 10.2. The monoisotopic (exact) mass is 512 g/mol. The minimum Gasteiger partial charge on any atom is -0.444 e. The molecule has 1 saturated carbocycles. The molecular formula is C28H32N8O2. The van der Waals surface area contributed by atoms with Crippen molar-refractivity contribution in [1.82, 2.24) is 24.6 Å². The van der Waals surface area contributed by atoms with Crippen LogP contribution >= 0.6 is 0 Å². The minimum absolute atomic E-state index is 0.0284. The Hall–Kier alpha value is -4.18. The van der Waals surface area contributed by atoms with Gasteiger partial charge in [0.25, 0.3) is 0 Å². The number of hydrogen-bond acceptors (Lipinski definition) is 8. The first kappa shape index (κ1) is 25.5. The lowest BCUT2D eigenvalue weighted by Crippen LogP contribution is -2.59. The molecule has 0 radical (unpaired) electrons. The van der Waals surface area contributed by atoms with Crippen LogP contribution < -0.4 is 4.90 Å². The van der Waals surface area contributed by atoms with Gasteiger partial charge in [0.05, 0.1) is 23.2 Å². The second-order valence-electron chi connectivity index (χ2n) is 11.3. The number of hydrogen-bond donors (Lipinski definition) is 0. The van der Waals surface area contributed by atoms with Gasteiger partial charge in [0.1, 0.15) is 29.5 Å². The van der Waals surface area contributed by atoms with E-state index in [-0.39, 0.29) is 30.0 Å². The average molecular weight is 513 g/mol. The van der Waals surface area contributed by atoms with Crippen molar-refractivity contribution in [3.8, 4) is 23.4 Å². The molecule has 3 heterocycles. The van der Waals surface area contributed by atoms with Crippen molar-refractivity contribution in [2.24, 2.45) is 13.0 Å². The average Bonchev–Trinajstić information content (AvgIpc) is 3.56. The van der Waals surface area contributed by atoms with E-state index in [1.54, 1.807) is 29.0 Å². The number of carbonyl (C=O) groups excluding carboxylic acids is 1. The van der Waals surface area contributed by atoms with E-state index in [1.807, 2.05) is 33.8 Å². The Bertz CT molecular complexity index is 1490. The van der Waals surface area contributed by atoms with Crippen LogP contribution in [0.2, 0.25) is 0 Å². The van der Waals surface area contributed by atoms with Gasteiger partial charge in [-0.2, -0.15) is 15.6 Å². The Labute approximate surface area is 222 Å². The van der Waals surface area contributed by atoms with Gasteiger partial charge in [-0.05, 0) is 46.6 Å². The first-order valence-electron chi connectivity index (χ1n) is 12.9. The molecule has 0 spiro atoms. The topological polar surface area (TPSA) is 124 Å². The number of aromatic nitrogens is 4. The highest BCUT2D eigenvalue weighted by atomic mass is 16.6. The summed E-state index contributed by atoms with van der Waals surface area (Å²) in [6.45, 7) is 10.8. The summed E-state index contributed by atoms with van der Waals surface area (Å²) in [4.78, 5) is 26.4. The molecule has 0 N–H and O–H groups in total. The van der Waals surface area contributed by atoms with Gasteiger partial charge in [-0.1, -0.05) is 12.1 Å². The number of piperazine rings is 1. The van der Waals surface area contributed by atoms with Crippen molar-refractivity contribution in [3.05, 3.63) is 35.8 Å². The summed E-state index contributed by atoms with van der Waals surface area (Å²) < 4.78 is 7.22. The van der Waals surface area contributed by atoms with Gasteiger partial charge in [-0.25, -0.2) is 14.8 Å². The first-order chi connectivity index (χ1) is 18.0. The highest BCUT2D eigenvalue weighted by molar-refractivity contribution is 6.01. The molecule has 10 heteroatoms. The fourth-order valence-corrected chi connectivity index (χ4v) is 5.30. The van der Waals surface area contributed by atoms with E-state index < -0.39 is 5.60 Å². The SMILES string of the molecule is C[C@@H]1CN(c2ncnc3c(-c4cc(C#N)n(C)n4)ccc([C@@H]4C[C@H]4C#N)c23)[C@@H](C)CN1C(=O)OC(C)(C)C. The minimum atomic E-state index is -0.566. The fourth-order valence-electron chi connectivity index (χ4n) is 5.30. The second kappa shape index (κ2) is 9.29. The highest BCUT2D eigenvalue weighted by Gasteiger charge is 2.42. The van der Waals surface area contributed by atoms with E-state index >= 15 is 0 Å². The predicted octanol–water partition coefficient (Wildman–Crippen LogP) is 4.36. The van der Waals surface area contributed by atoms with Gasteiger partial charge in [0.2, 0.25) is 0 Å². The molecule has 1 aliphatic carbocycles. The number of aryl methyl sites for hydroxylation is 1. The molecule has 1 aromatic carbocycles. The fraction of sp³-hybridized carbons (Fsp3) is 0.500. The standard InChI is InChI=1S/C28H32N8O2/c1-16-14-36(27(37)38-28(3,4)5)17(2)13-35(16)26-24-20(22-9-18(22)11-29)7-8-21(25(24)31-15-32-26)23-10-19(12-30)34(6)33-23/h7-8,10,15-18,22H,9,13-14H2,1-6H3/t16-,17+,18-,22+/m0/s1. The summed E-state index contributed by atoms with van der Waals surface area (Å²) in [5.74, 6) is 0.878. The van der Waals surface area contributed by atoms with Crippen molar-refractivity contribution < 1.29 is 9.53 Å². The van der Waals surface area contributed by atoms with Gasteiger partial charge in [0, 0.05) is 55.2 Å². The smallest absolute Gasteiger partial charge is 0.410 e. The number of nitrogens with zero attached hydrogens (tertiary/aromatic N) is 8. The molecule has 10 nitrogen and oxygen atoms in total. The Morgan fingerprint density at radius 2 is 1.89 bits per heavy atom. The number of anilines is 1. The molecule has 38 heavy (non-hydrogen) atoms. The Kier molecular flexibility index (Phi) is 6.22. The first-order valence-corrected chi connectivity index (χ1v) is 12.9. The molecule has 1 aliphatic heterocycles. The zero-order valence-electron chi connectivity index (χ0n) is 22.6. The lowest BCUT2D eigenvalue weighted by molar-refractivity contribution is 0.0130. The van der Waals surface area contributed by atoms with Gasteiger partial charge >= 0.3 is 6.09 Å². The molecule has 2 fully saturated rings. The van der Waals surface area contributed by atoms with Crippen molar-refractivity contribution in [3.63, 3.8) is 0 Å². The van der Waals surface area contributed by atoms with E-state index in [4.69, 9.17) is 9.72 Å². The van der Waals surface area contributed by atoms with Crippen molar-refractivity contribution >= 4 is 22.8 Å². The Balaban J connectivity index is 1.59.